The molecule has 2 rings (SSSR count). The summed E-state index contributed by atoms with van der Waals surface area (Å²) < 4.78 is 0. The molecule has 2 aromatic carbocycles. The Balaban J connectivity index is 2.15. The Morgan fingerprint density at radius 1 is 1.00 bits per heavy atom. The molecule has 0 bridgehead atoms. The highest BCUT2D eigenvalue weighted by molar-refractivity contribution is 7.81. The molecule has 0 saturated heterocycles. The number of thiol groups is 1. The van der Waals surface area contributed by atoms with Crippen molar-refractivity contribution in [2.24, 2.45) is 5.92 Å². The van der Waals surface area contributed by atoms with Gasteiger partial charge in [0, 0.05) is 25.6 Å². The van der Waals surface area contributed by atoms with Crippen LogP contribution >= 0.6 is 12.6 Å². The summed E-state index contributed by atoms with van der Waals surface area (Å²) in [5.74, 6) is -1.47. The van der Waals surface area contributed by atoms with E-state index in [1.54, 1.807) is 24.3 Å². The number of carbonyl (C=O) groups excluding carboxylic acids is 3. The van der Waals surface area contributed by atoms with Crippen LogP contribution in [0.4, 0.5) is 0 Å². The minimum absolute atomic E-state index is 0.0686. The lowest BCUT2D eigenvalue weighted by Gasteiger charge is -2.26. The van der Waals surface area contributed by atoms with Crippen LogP contribution in [-0.4, -0.2) is 58.6 Å². The molecule has 3 amide bonds. The maximum Gasteiger partial charge on any atom is 0.336 e. The van der Waals surface area contributed by atoms with Crippen molar-refractivity contribution in [3.05, 3.63) is 59.7 Å². The third-order valence-corrected chi connectivity index (χ3v) is 6.33. The molecule has 0 aliphatic carbocycles. The zero-order valence-corrected chi connectivity index (χ0v) is 22.6. The Morgan fingerprint density at radius 2 is 1.68 bits per heavy atom. The summed E-state index contributed by atoms with van der Waals surface area (Å²) in [5, 5.41) is 15.2. The molecule has 0 heterocycles. The number of carbonyl (C=O) groups is 4. The van der Waals surface area contributed by atoms with E-state index in [0.29, 0.717) is 12.0 Å². The Labute approximate surface area is 224 Å². The molecular formula is C28H37N3O5S. The zero-order valence-electron chi connectivity index (χ0n) is 21.7. The van der Waals surface area contributed by atoms with Gasteiger partial charge in [0.1, 0.15) is 0 Å². The highest BCUT2D eigenvalue weighted by Crippen LogP contribution is 2.24. The molecule has 3 N–H and O–H groups in total. The summed E-state index contributed by atoms with van der Waals surface area (Å²) >= 11 is 3.95. The van der Waals surface area contributed by atoms with Crippen molar-refractivity contribution in [2.75, 3.05) is 18.8 Å². The van der Waals surface area contributed by atoms with E-state index in [9.17, 15) is 24.3 Å². The maximum absolute atomic E-state index is 12.9. The number of hydrogen-bond acceptors (Lipinski definition) is 5. The van der Waals surface area contributed by atoms with Crippen molar-refractivity contribution in [3.63, 3.8) is 0 Å². The van der Waals surface area contributed by atoms with Crippen LogP contribution < -0.4 is 10.6 Å². The second-order valence-electron chi connectivity index (χ2n) is 9.28. The molecule has 0 saturated carbocycles. The average Bonchev–Trinajstić information content (AvgIpc) is 2.89. The van der Waals surface area contributed by atoms with Gasteiger partial charge in [-0.15, -0.1) is 0 Å². The van der Waals surface area contributed by atoms with Gasteiger partial charge in [0.2, 0.25) is 17.7 Å². The number of amides is 3. The lowest BCUT2D eigenvalue weighted by molar-refractivity contribution is -0.137. The quantitative estimate of drug-likeness (QED) is 0.279. The Hall–Kier alpha value is -3.33. The average molecular weight is 528 g/mol. The molecular weight excluding hydrogens is 490 g/mol. The fourth-order valence-electron chi connectivity index (χ4n) is 3.81. The number of carboxylic acids is 1. The predicted octanol–water partition coefficient (Wildman–Crippen LogP) is 3.76. The smallest absolute Gasteiger partial charge is 0.336 e. The van der Waals surface area contributed by atoms with Crippen LogP contribution in [0.15, 0.2) is 48.5 Å². The summed E-state index contributed by atoms with van der Waals surface area (Å²) in [5.41, 5.74) is 2.41. The standard InChI is InChI=1S/C28H37N3O5S/c1-4-5-10-27(34)31(17-25(32)30-24(19(2)3)15-29-26(33)18-37)16-20-11-13-21(14-12-20)22-8-6-7-9-23(22)28(35)36/h6-9,11-14,19,24,37H,4-5,10,15-18H2,1-3H3,(H,29,33)(H,30,32)(H,35,36). The lowest BCUT2D eigenvalue weighted by atomic mass is 9.98. The topological polar surface area (TPSA) is 116 Å². The number of hydrogen-bond donors (Lipinski definition) is 4. The number of aromatic carboxylic acids is 1. The van der Waals surface area contributed by atoms with E-state index in [2.05, 4.69) is 23.3 Å². The van der Waals surface area contributed by atoms with Gasteiger partial charge in [0.15, 0.2) is 0 Å². The van der Waals surface area contributed by atoms with Crippen LogP contribution in [0.3, 0.4) is 0 Å². The van der Waals surface area contributed by atoms with E-state index in [4.69, 9.17) is 0 Å². The monoisotopic (exact) mass is 527 g/mol. The van der Waals surface area contributed by atoms with Gasteiger partial charge < -0.3 is 20.6 Å². The Morgan fingerprint density at radius 3 is 2.27 bits per heavy atom. The molecule has 1 unspecified atom stereocenters. The van der Waals surface area contributed by atoms with Crippen molar-refractivity contribution < 1.29 is 24.3 Å². The van der Waals surface area contributed by atoms with E-state index in [0.717, 1.165) is 24.0 Å². The zero-order chi connectivity index (χ0) is 27.4. The van der Waals surface area contributed by atoms with Gasteiger partial charge in [-0.2, -0.15) is 12.6 Å². The summed E-state index contributed by atoms with van der Waals surface area (Å²) in [6, 6.07) is 13.8. The fourth-order valence-corrected chi connectivity index (χ4v) is 3.92. The van der Waals surface area contributed by atoms with Gasteiger partial charge in [-0.3, -0.25) is 14.4 Å². The molecule has 0 spiro atoms. The number of nitrogens with zero attached hydrogens (tertiary/aromatic N) is 1. The maximum atomic E-state index is 12.9. The molecule has 0 aromatic heterocycles. The van der Waals surface area contributed by atoms with E-state index in [1.807, 2.05) is 45.0 Å². The minimum Gasteiger partial charge on any atom is -0.478 e. The van der Waals surface area contributed by atoms with E-state index in [-0.39, 0.29) is 60.6 Å². The largest absolute Gasteiger partial charge is 0.478 e. The first kappa shape index (κ1) is 29.9. The van der Waals surface area contributed by atoms with Gasteiger partial charge in [-0.05, 0) is 35.1 Å². The first-order chi connectivity index (χ1) is 17.7. The van der Waals surface area contributed by atoms with Crippen LogP contribution in [-0.2, 0) is 20.9 Å². The molecule has 0 aliphatic heterocycles. The van der Waals surface area contributed by atoms with Crippen molar-refractivity contribution in [3.8, 4) is 11.1 Å². The van der Waals surface area contributed by atoms with Crippen molar-refractivity contribution >= 4 is 36.3 Å². The number of nitrogens with one attached hydrogen (secondary N) is 2. The number of carboxylic acid groups (broad SMARTS) is 1. The highest BCUT2D eigenvalue weighted by atomic mass is 32.1. The lowest BCUT2D eigenvalue weighted by Crippen LogP contribution is -2.50. The number of benzene rings is 2. The number of rotatable bonds is 14. The first-order valence-electron chi connectivity index (χ1n) is 12.5. The van der Waals surface area contributed by atoms with Gasteiger partial charge in [0.05, 0.1) is 17.9 Å². The van der Waals surface area contributed by atoms with Crippen molar-refractivity contribution in [2.45, 2.75) is 52.6 Å². The van der Waals surface area contributed by atoms with Crippen LogP contribution in [0.1, 0.15) is 56.0 Å². The van der Waals surface area contributed by atoms with Crippen molar-refractivity contribution in [1.29, 1.82) is 0 Å². The van der Waals surface area contributed by atoms with Gasteiger partial charge >= 0.3 is 5.97 Å². The third-order valence-electron chi connectivity index (χ3n) is 6.04. The van der Waals surface area contributed by atoms with Crippen molar-refractivity contribution in [1.82, 2.24) is 15.5 Å². The molecule has 8 nitrogen and oxygen atoms in total. The van der Waals surface area contributed by atoms with Gasteiger partial charge in [-0.1, -0.05) is 69.7 Å². The third kappa shape index (κ3) is 9.57. The second kappa shape index (κ2) is 15.0. The second-order valence-corrected chi connectivity index (χ2v) is 9.60. The van der Waals surface area contributed by atoms with Crippen LogP contribution in [0.2, 0.25) is 0 Å². The summed E-state index contributed by atoms with van der Waals surface area (Å²) in [7, 11) is 0. The normalized spacial score (nSPS) is 11.6. The van der Waals surface area contributed by atoms with Gasteiger partial charge in [-0.25, -0.2) is 4.79 Å². The van der Waals surface area contributed by atoms with E-state index >= 15 is 0 Å². The highest BCUT2D eigenvalue weighted by Gasteiger charge is 2.22. The van der Waals surface area contributed by atoms with Crippen LogP contribution in [0.5, 0.6) is 0 Å². The minimum atomic E-state index is -0.997. The Kier molecular flexibility index (Phi) is 12.2. The molecule has 0 fully saturated rings. The van der Waals surface area contributed by atoms with E-state index < -0.39 is 5.97 Å². The van der Waals surface area contributed by atoms with Crippen LogP contribution in [0.25, 0.3) is 11.1 Å². The Bertz CT molecular complexity index is 1070. The van der Waals surface area contributed by atoms with E-state index in [1.165, 1.54) is 4.90 Å². The predicted molar refractivity (Wildman–Crippen MR) is 147 cm³/mol. The summed E-state index contributed by atoms with van der Waals surface area (Å²) in [4.78, 5) is 50.5. The SMILES string of the molecule is CCCCC(=O)N(CC(=O)NC(CNC(=O)CS)C(C)C)Cc1ccc(-c2ccccc2C(=O)O)cc1. The van der Waals surface area contributed by atoms with Crippen LogP contribution in [0, 0.1) is 5.92 Å². The molecule has 200 valence electrons. The summed E-state index contributed by atoms with van der Waals surface area (Å²) in [6.45, 7) is 6.34. The molecule has 37 heavy (non-hydrogen) atoms. The fraction of sp³-hybridized carbons (Fsp3) is 0.429. The molecule has 0 radical (unpaired) electrons. The number of unbranched alkanes of at least 4 members (excludes halogenated alkanes) is 1. The molecule has 9 heteroatoms. The van der Waals surface area contributed by atoms with Gasteiger partial charge in [0.25, 0.3) is 0 Å². The molecule has 2 aromatic rings. The first-order valence-corrected chi connectivity index (χ1v) is 13.2. The summed E-state index contributed by atoms with van der Waals surface area (Å²) in [6.07, 6.45) is 1.94. The molecule has 0 aliphatic rings. The molecule has 1 atom stereocenters.